The van der Waals surface area contributed by atoms with Crippen molar-refractivity contribution in [1.82, 2.24) is 10.2 Å². The van der Waals surface area contributed by atoms with Crippen molar-refractivity contribution in [3.8, 4) is 0 Å². The van der Waals surface area contributed by atoms with E-state index in [4.69, 9.17) is 0 Å². The number of aryl methyl sites for hydroxylation is 1. The smallest absolute Gasteiger partial charge is 0.247 e. The number of likely N-dealkylation sites (N-methyl/N-ethyl adjacent to an activating group) is 1. The van der Waals surface area contributed by atoms with Crippen LogP contribution in [0, 0.1) is 12.3 Å². The third kappa shape index (κ3) is 2.31. The molecule has 2 rings (SSSR count). The quantitative estimate of drug-likeness (QED) is 0.849. The Labute approximate surface area is 132 Å². The highest BCUT2D eigenvalue weighted by Gasteiger charge is 2.68. The van der Waals surface area contributed by atoms with E-state index >= 15 is 0 Å². The average molecular weight is 302 g/mol. The van der Waals surface area contributed by atoms with E-state index < -0.39 is 11.0 Å². The first-order valence-corrected chi connectivity index (χ1v) is 7.89. The SMILES string of the molecule is CCCNC(=O)C1(Cc2ccc(C)cc2)N(C)C(=O)C1(C)C. The summed E-state index contributed by atoms with van der Waals surface area (Å²) in [5.41, 5.74) is 0.758. The van der Waals surface area contributed by atoms with Crippen molar-refractivity contribution in [1.29, 1.82) is 0 Å². The van der Waals surface area contributed by atoms with Gasteiger partial charge in [-0.15, -0.1) is 0 Å². The average Bonchev–Trinajstić information content (AvgIpc) is 2.50. The zero-order valence-electron chi connectivity index (χ0n) is 14.2. The van der Waals surface area contributed by atoms with Gasteiger partial charge in [-0.3, -0.25) is 9.59 Å². The van der Waals surface area contributed by atoms with Gasteiger partial charge in [-0.1, -0.05) is 36.8 Å². The molecule has 0 spiro atoms. The fraction of sp³-hybridized carbons (Fsp3) is 0.556. The lowest BCUT2D eigenvalue weighted by atomic mass is 9.59. The molecule has 1 heterocycles. The molecule has 1 unspecified atom stereocenters. The van der Waals surface area contributed by atoms with E-state index in [1.807, 2.05) is 52.0 Å². The second-order valence-electron chi connectivity index (χ2n) is 6.77. The molecule has 1 aromatic carbocycles. The minimum atomic E-state index is -0.811. The van der Waals surface area contributed by atoms with Gasteiger partial charge in [0.1, 0.15) is 5.54 Å². The summed E-state index contributed by atoms with van der Waals surface area (Å²) in [6, 6.07) is 8.16. The number of nitrogens with zero attached hydrogens (tertiary/aromatic N) is 1. The second-order valence-corrected chi connectivity index (χ2v) is 6.77. The van der Waals surface area contributed by atoms with E-state index in [2.05, 4.69) is 5.32 Å². The van der Waals surface area contributed by atoms with Crippen LogP contribution in [0.25, 0.3) is 0 Å². The lowest BCUT2D eigenvalue weighted by molar-refractivity contribution is -0.189. The minimum Gasteiger partial charge on any atom is -0.354 e. The first-order chi connectivity index (χ1) is 10.3. The Morgan fingerprint density at radius 3 is 2.32 bits per heavy atom. The molecule has 1 fully saturated rings. The van der Waals surface area contributed by atoms with E-state index in [1.54, 1.807) is 11.9 Å². The molecule has 0 saturated carbocycles. The molecule has 4 nitrogen and oxygen atoms in total. The Kier molecular flexibility index (Phi) is 4.32. The number of hydrogen-bond acceptors (Lipinski definition) is 2. The van der Waals surface area contributed by atoms with E-state index in [0.29, 0.717) is 13.0 Å². The summed E-state index contributed by atoms with van der Waals surface area (Å²) in [6.07, 6.45) is 1.42. The van der Waals surface area contributed by atoms with Crippen LogP contribution in [0.2, 0.25) is 0 Å². The van der Waals surface area contributed by atoms with Crippen LogP contribution in [-0.2, 0) is 16.0 Å². The molecule has 0 aromatic heterocycles. The number of carbonyl (C=O) groups excluding carboxylic acids is 2. The van der Waals surface area contributed by atoms with Gasteiger partial charge in [-0.05, 0) is 32.8 Å². The zero-order valence-corrected chi connectivity index (χ0v) is 14.2. The summed E-state index contributed by atoms with van der Waals surface area (Å²) in [5, 5.41) is 2.98. The zero-order chi connectivity index (χ0) is 16.5. The maximum atomic E-state index is 12.8. The van der Waals surface area contributed by atoms with Gasteiger partial charge in [0.15, 0.2) is 0 Å². The minimum absolute atomic E-state index is 0.0197. The molecule has 1 N–H and O–H groups in total. The third-order valence-corrected chi connectivity index (χ3v) is 4.94. The molecule has 22 heavy (non-hydrogen) atoms. The number of likely N-dealkylation sites (tertiary alicyclic amines) is 1. The van der Waals surface area contributed by atoms with E-state index in [1.165, 1.54) is 5.56 Å². The predicted octanol–water partition coefficient (Wildman–Crippen LogP) is 2.30. The normalized spacial score (nSPS) is 23.1. The summed E-state index contributed by atoms with van der Waals surface area (Å²) in [4.78, 5) is 26.7. The van der Waals surface area contributed by atoms with Gasteiger partial charge in [-0.25, -0.2) is 0 Å². The van der Waals surface area contributed by atoms with E-state index in [0.717, 1.165) is 12.0 Å². The van der Waals surface area contributed by atoms with Crippen LogP contribution < -0.4 is 5.32 Å². The molecule has 0 bridgehead atoms. The first-order valence-electron chi connectivity index (χ1n) is 7.89. The highest BCUT2D eigenvalue weighted by Crippen LogP contribution is 2.49. The topological polar surface area (TPSA) is 49.4 Å². The Morgan fingerprint density at radius 2 is 1.82 bits per heavy atom. The molecule has 1 atom stereocenters. The van der Waals surface area contributed by atoms with Crippen molar-refractivity contribution in [3.63, 3.8) is 0 Å². The van der Waals surface area contributed by atoms with Crippen molar-refractivity contribution in [3.05, 3.63) is 35.4 Å². The second kappa shape index (κ2) is 5.75. The van der Waals surface area contributed by atoms with Crippen LogP contribution in [0.4, 0.5) is 0 Å². The van der Waals surface area contributed by atoms with Crippen molar-refractivity contribution >= 4 is 11.8 Å². The van der Waals surface area contributed by atoms with Gasteiger partial charge < -0.3 is 10.2 Å². The van der Waals surface area contributed by atoms with Crippen LogP contribution in [0.5, 0.6) is 0 Å². The maximum absolute atomic E-state index is 12.8. The standard InChI is InChI=1S/C18H26N2O2/c1-6-11-19-15(21)18(17(3,4)16(22)20(18)5)12-14-9-7-13(2)8-10-14/h7-10H,6,11-12H2,1-5H3,(H,19,21). The number of rotatable bonds is 5. The Hall–Kier alpha value is -1.84. The molecular formula is C18H26N2O2. The fourth-order valence-corrected chi connectivity index (χ4v) is 3.38. The van der Waals surface area contributed by atoms with Gasteiger partial charge in [0.05, 0.1) is 5.41 Å². The molecule has 0 radical (unpaired) electrons. The summed E-state index contributed by atoms with van der Waals surface area (Å²) in [6.45, 7) is 8.43. The first kappa shape index (κ1) is 16.5. The van der Waals surface area contributed by atoms with E-state index in [-0.39, 0.29) is 11.8 Å². The van der Waals surface area contributed by atoms with Gasteiger partial charge in [0, 0.05) is 20.0 Å². The van der Waals surface area contributed by atoms with Crippen molar-refractivity contribution < 1.29 is 9.59 Å². The summed E-state index contributed by atoms with van der Waals surface area (Å²) in [5.74, 6) is -0.0340. The van der Waals surface area contributed by atoms with Crippen molar-refractivity contribution in [2.45, 2.75) is 46.1 Å². The fourth-order valence-electron chi connectivity index (χ4n) is 3.38. The highest BCUT2D eigenvalue weighted by atomic mass is 16.2. The molecule has 120 valence electrons. The van der Waals surface area contributed by atoms with Crippen molar-refractivity contribution in [2.24, 2.45) is 5.41 Å². The molecule has 1 aromatic rings. The summed E-state index contributed by atoms with van der Waals surface area (Å²) in [7, 11) is 1.73. The van der Waals surface area contributed by atoms with Crippen LogP contribution in [0.15, 0.2) is 24.3 Å². The van der Waals surface area contributed by atoms with Gasteiger partial charge >= 0.3 is 0 Å². The lowest BCUT2D eigenvalue weighted by Crippen LogP contribution is -2.80. The van der Waals surface area contributed by atoms with Crippen LogP contribution in [-0.4, -0.2) is 35.8 Å². The molecule has 1 saturated heterocycles. The number of nitrogens with one attached hydrogen (secondary N) is 1. The largest absolute Gasteiger partial charge is 0.354 e. The third-order valence-electron chi connectivity index (χ3n) is 4.94. The van der Waals surface area contributed by atoms with Gasteiger partial charge in [0.25, 0.3) is 0 Å². The summed E-state index contributed by atoms with van der Waals surface area (Å²) >= 11 is 0. The van der Waals surface area contributed by atoms with Crippen LogP contribution >= 0.6 is 0 Å². The van der Waals surface area contributed by atoms with Gasteiger partial charge in [-0.2, -0.15) is 0 Å². The number of benzene rings is 1. The Balaban J connectivity index is 2.36. The molecule has 2 amide bonds. The van der Waals surface area contributed by atoms with Crippen LogP contribution in [0.1, 0.15) is 38.3 Å². The molecule has 0 aliphatic carbocycles. The number of amides is 2. The highest BCUT2D eigenvalue weighted by molar-refractivity contribution is 6.05. The lowest BCUT2D eigenvalue weighted by Gasteiger charge is -2.60. The Bertz CT molecular complexity index is 577. The van der Waals surface area contributed by atoms with Crippen molar-refractivity contribution in [2.75, 3.05) is 13.6 Å². The number of hydrogen-bond donors (Lipinski definition) is 1. The maximum Gasteiger partial charge on any atom is 0.247 e. The summed E-state index contributed by atoms with van der Waals surface area (Å²) < 4.78 is 0. The Morgan fingerprint density at radius 1 is 1.23 bits per heavy atom. The molecule has 4 heteroatoms. The number of β-lactam (4-membered cyclic amide) rings is 1. The number of carbonyl (C=O) groups is 2. The molecule has 1 aliphatic heterocycles. The van der Waals surface area contributed by atoms with E-state index in [9.17, 15) is 9.59 Å². The predicted molar refractivity (Wildman–Crippen MR) is 87.5 cm³/mol. The molecule has 1 aliphatic rings. The van der Waals surface area contributed by atoms with Gasteiger partial charge in [0.2, 0.25) is 11.8 Å². The van der Waals surface area contributed by atoms with Crippen LogP contribution in [0.3, 0.4) is 0 Å². The molecular weight excluding hydrogens is 276 g/mol. The monoisotopic (exact) mass is 302 g/mol.